The number of benzene rings is 1. The fourth-order valence-corrected chi connectivity index (χ4v) is 3.48. The van der Waals surface area contributed by atoms with Crippen LogP contribution in [0.1, 0.15) is 6.42 Å². The van der Waals surface area contributed by atoms with E-state index in [1.165, 1.54) is 17.4 Å². The van der Waals surface area contributed by atoms with Crippen LogP contribution in [-0.2, 0) is 16.1 Å². The first-order chi connectivity index (χ1) is 13.5. The molecule has 0 aliphatic rings. The number of carbonyl (C=O) groups excluding carboxylic acids is 2. The van der Waals surface area contributed by atoms with Crippen molar-refractivity contribution in [2.45, 2.75) is 17.9 Å². The summed E-state index contributed by atoms with van der Waals surface area (Å²) in [5.41, 5.74) is 4.48. The molecule has 11 heteroatoms. The Balaban J connectivity index is 1.42. The molecule has 3 aromatic rings. The van der Waals surface area contributed by atoms with Crippen molar-refractivity contribution in [1.29, 1.82) is 0 Å². The monoisotopic (exact) mass is 422 g/mol. The minimum atomic E-state index is -0.665. The van der Waals surface area contributed by atoms with Gasteiger partial charge in [0, 0.05) is 11.3 Å². The van der Waals surface area contributed by atoms with E-state index in [1.54, 1.807) is 30.3 Å². The molecule has 3 rings (SSSR count). The molecule has 2 N–H and O–H groups in total. The minimum Gasteiger partial charge on any atom is -0.387 e. The van der Waals surface area contributed by atoms with Gasteiger partial charge in [0.2, 0.25) is 11.8 Å². The summed E-state index contributed by atoms with van der Waals surface area (Å²) in [4.78, 5) is 36.4. The normalized spacial score (nSPS) is 10.6. The number of nitrogens with one attached hydrogen (secondary N) is 2. The van der Waals surface area contributed by atoms with E-state index in [0.29, 0.717) is 9.77 Å². The van der Waals surface area contributed by atoms with Crippen LogP contribution in [0.15, 0.2) is 55.9 Å². The molecule has 0 bridgehead atoms. The second kappa shape index (κ2) is 9.33. The molecule has 2 heterocycles. The second-order valence-electron chi connectivity index (χ2n) is 5.44. The molecule has 0 aliphatic carbocycles. The van der Waals surface area contributed by atoms with Gasteiger partial charge in [-0.3, -0.25) is 20.4 Å². The fourth-order valence-electron chi connectivity index (χ4n) is 2.10. The average molecular weight is 422 g/mol. The van der Waals surface area contributed by atoms with E-state index < -0.39 is 23.4 Å². The van der Waals surface area contributed by atoms with Crippen molar-refractivity contribution in [2.75, 3.05) is 5.75 Å². The standard InChI is InChI=1S/C17H15FN4O4S2/c18-11-4-1-2-5-12(11)28-10-15(24)20-19-14(23)7-8-22-17(25)26-16(21-22)13-6-3-9-27-13/h1-6,9H,7-8,10H2,(H,19,23)(H,20,24). The summed E-state index contributed by atoms with van der Waals surface area (Å²) in [6.45, 7) is -0.000606. The first-order valence-electron chi connectivity index (χ1n) is 8.10. The topological polar surface area (TPSA) is 106 Å². The molecule has 0 atom stereocenters. The first kappa shape index (κ1) is 19.8. The largest absolute Gasteiger partial charge is 0.437 e. The predicted molar refractivity (Wildman–Crippen MR) is 102 cm³/mol. The Morgan fingerprint density at radius 3 is 2.71 bits per heavy atom. The van der Waals surface area contributed by atoms with E-state index in [-0.39, 0.29) is 24.6 Å². The Morgan fingerprint density at radius 1 is 1.18 bits per heavy atom. The number of rotatable bonds is 7. The molecule has 8 nitrogen and oxygen atoms in total. The molecule has 0 radical (unpaired) electrons. The number of hydrogen-bond acceptors (Lipinski definition) is 7. The highest BCUT2D eigenvalue weighted by atomic mass is 32.2. The summed E-state index contributed by atoms with van der Waals surface area (Å²) in [6.07, 6.45) is -0.0863. The van der Waals surface area contributed by atoms with Gasteiger partial charge in [-0.15, -0.1) is 28.2 Å². The molecule has 0 fully saturated rings. The molecule has 2 amide bonds. The quantitative estimate of drug-likeness (QED) is 0.446. The van der Waals surface area contributed by atoms with Crippen LogP contribution in [0.5, 0.6) is 0 Å². The van der Waals surface area contributed by atoms with E-state index in [1.807, 2.05) is 5.38 Å². The van der Waals surface area contributed by atoms with Gasteiger partial charge in [0.25, 0.3) is 5.89 Å². The Labute approximate surface area is 166 Å². The zero-order chi connectivity index (χ0) is 19.9. The number of halogens is 1. The summed E-state index contributed by atoms with van der Waals surface area (Å²) in [7, 11) is 0. The smallest absolute Gasteiger partial charge is 0.387 e. The van der Waals surface area contributed by atoms with Crippen LogP contribution in [0.3, 0.4) is 0 Å². The van der Waals surface area contributed by atoms with Gasteiger partial charge in [-0.05, 0) is 23.6 Å². The number of carbonyl (C=O) groups is 2. The number of nitrogens with zero attached hydrogens (tertiary/aromatic N) is 2. The van der Waals surface area contributed by atoms with E-state index in [9.17, 15) is 18.8 Å². The van der Waals surface area contributed by atoms with Gasteiger partial charge >= 0.3 is 5.76 Å². The number of hydrogen-bond donors (Lipinski definition) is 2. The molecule has 28 heavy (non-hydrogen) atoms. The Kier molecular flexibility index (Phi) is 6.61. The average Bonchev–Trinajstić information content (AvgIpc) is 3.34. The van der Waals surface area contributed by atoms with Gasteiger partial charge in [0.05, 0.1) is 17.2 Å². The SMILES string of the molecule is O=C(CCn1nc(-c2cccs2)oc1=O)NNC(=O)CSc1ccccc1F. The summed E-state index contributed by atoms with van der Waals surface area (Å²) in [6, 6.07) is 9.66. The molecule has 1 aromatic carbocycles. The van der Waals surface area contributed by atoms with Crippen LogP contribution in [-0.4, -0.2) is 27.3 Å². The highest BCUT2D eigenvalue weighted by Gasteiger charge is 2.13. The van der Waals surface area contributed by atoms with Crippen LogP contribution in [0.25, 0.3) is 10.8 Å². The number of thioether (sulfide) groups is 1. The Morgan fingerprint density at radius 2 is 1.96 bits per heavy atom. The summed E-state index contributed by atoms with van der Waals surface area (Å²) in [5.74, 6) is -1.93. The molecule has 0 saturated carbocycles. The van der Waals surface area contributed by atoms with Crippen molar-refractivity contribution in [2.24, 2.45) is 0 Å². The lowest BCUT2D eigenvalue weighted by Crippen LogP contribution is -2.43. The number of thiophene rings is 1. The van der Waals surface area contributed by atoms with Gasteiger partial charge in [-0.25, -0.2) is 9.18 Å². The molecular weight excluding hydrogens is 407 g/mol. The maximum atomic E-state index is 13.5. The Bertz CT molecular complexity index is 1020. The molecule has 0 saturated heterocycles. The van der Waals surface area contributed by atoms with Crippen LogP contribution in [0.4, 0.5) is 4.39 Å². The van der Waals surface area contributed by atoms with Gasteiger partial charge < -0.3 is 4.42 Å². The number of aromatic nitrogens is 2. The number of aryl methyl sites for hydroxylation is 1. The predicted octanol–water partition coefficient (Wildman–Crippen LogP) is 2.03. The lowest BCUT2D eigenvalue weighted by atomic mass is 10.3. The van der Waals surface area contributed by atoms with Crippen molar-refractivity contribution in [1.82, 2.24) is 20.6 Å². The molecule has 2 aromatic heterocycles. The van der Waals surface area contributed by atoms with Gasteiger partial charge in [-0.1, -0.05) is 18.2 Å². The highest BCUT2D eigenvalue weighted by molar-refractivity contribution is 8.00. The van der Waals surface area contributed by atoms with E-state index in [0.717, 1.165) is 16.4 Å². The Hall–Kier alpha value is -2.92. The summed E-state index contributed by atoms with van der Waals surface area (Å²) in [5, 5.41) is 5.86. The van der Waals surface area contributed by atoms with Crippen LogP contribution >= 0.6 is 23.1 Å². The number of hydrazine groups is 1. The fraction of sp³-hybridized carbons (Fsp3) is 0.176. The van der Waals surface area contributed by atoms with Gasteiger partial charge in [0.1, 0.15) is 5.82 Å². The maximum Gasteiger partial charge on any atom is 0.437 e. The van der Waals surface area contributed by atoms with Gasteiger partial charge in [-0.2, -0.15) is 4.68 Å². The third-order valence-corrected chi connectivity index (χ3v) is 5.33. The minimum absolute atomic E-state index is 0.000606. The number of amides is 2. The van der Waals surface area contributed by atoms with E-state index >= 15 is 0 Å². The zero-order valence-electron chi connectivity index (χ0n) is 14.4. The highest BCUT2D eigenvalue weighted by Crippen LogP contribution is 2.21. The van der Waals surface area contributed by atoms with Crippen LogP contribution in [0.2, 0.25) is 0 Å². The van der Waals surface area contributed by atoms with E-state index in [2.05, 4.69) is 16.0 Å². The maximum absolute atomic E-state index is 13.5. The van der Waals surface area contributed by atoms with Crippen LogP contribution < -0.4 is 16.6 Å². The molecular formula is C17H15FN4O4S2. The summed E-state index contributed by atoms with van der Waals surface area (Å²) < 4.78 is 19.6. The lowest BCUT2D eigenvalue weighted by Gasteiger charge is -2.07. The van der Waals surface area contributed by atoms with Crippen molar-refractivity contribution in [3.8, 4) is 10.8 Å². The molecule has 0 spiro atoms. The van der Waals surface area contributed by atoms with Crippen molar-refractivity contribution in [3.05, 3.63) is 58.1 Å². The van der Waals surface area contributed by atoms with Crippen LogP contribution in [0, 0.1) is 5.82 Å². The van der Waals surface area contributed by atoms with Crippen molar-refractivity contribution in [3.63, 3.8) is 0 Å². The lowest BCUT2D eigenvalue weighted by molar-refractivity contribution is -0.127. The van der Waals surface area contributed by atoms with Gasteiger partial charge in [0.15, 0.2) is 0 Å². The molecule has 146 valence electrons. The zero-order valence-corrected chi connectivity index (χ0v) is 16.0. The second-order valence-corrected chi connectivity index (χ2v) is 7.40. The molecule has 0 aliphatic heterocycles. The van der Waals surface area contributed by atoms with Crippen molar-refractivity contribution >= 4 is 34.9 Å². The van der Waals surface area contributed by atoms with Crippen molar-refractivity contribution < 1.29 is 18.4 Å². The van der Waals surface area contributed by atoms with E-state index in [4.69, 9.17) is 4.42 Å². The third-order valence-electron chi connectivity index (χ3n) is 3.43. The first-order valence-corrected chi connectivity index (χ1v) is 9.96. The summed E-state index contributed by atoms with van der Waals surface area (Å²) >= 11 is 2.39. The third kappa shape index (κ3) is 5.30. The molecule has 0 unspecified atom stereocenters.